The van der Waals surface area contributed by atoms with Gasteiger partial charge in [-0.2, -0.15) is 0 Å². The Morgan fingerprint density at radius 1 is 1.16 bits per heavy atom. The Hall–Kier alpha value is -3.11. The van der Waals surface area contributed by atoms with Crippen molar-refractivity contribution in [3.05, 3.63) is 56.0 Å². The van der Waals surface area contributed by atoms with Crippen molar-refractivity contribution in [2.24, 2.45) is 0 Å². The number of rotatable bonds is 6. The molecule has 0 spiro atoms. The first-order valence-electron chi connectivity index (χ1n) is 10.1. The highest BCUT2D eigenvalue weighted by Crippen LogP contribution is 2.32. The van der Waals surface area contributed by atoms with Gasteiger partial charge in [-0.15, -0.1) is 11.3 Å². The molecule has 9 nitrogen and oxygen atoms in total. The summed E-state index contributed by atoms with van der Waals surface area (Å²) in [4.78, 5) is 38.7. The number of hydrogen-bond donors (Lipinski definition) is 1. The van der Waals surface area contributed by atoms with E-state index in [4.69, 9.17) is 14.2 Å². The summed E-state index contributed by atoms with van der Waals surface area (Å²) in [6, 6.07) is 6.99. The molecule has 162 valence electrons. The fraction of sp³-hybridized carbons (Fsp3) is 0.381. The maximum absolute atomic E-state index is 13.2. The maximum atomic E-state index is 13.2. The number of thiophene rings is 1. The highest BCUT2D eigenvalue weighted by atomic mass is 32.1. The van der Waals surface area contributed by atoms with Crippen LogP contribution in [0.4, 0.5) is 0 Å². The molecule has 0 radical (unpaired) electrons. The number of carbonyl (C=O) groups excluding carboxylic acids is 1. The van der Waals surface area contributed by atoms with Crippen LogP contribution in [-0.2, 0) is 22.6 Å². The quantitative estimate of drug-likeness (QED) is 0.616. The monoisotopic (exact) mass is 443 g/mol. The zero-order chi connectivity index (χ0) is 21.4. The van der Waals surface area contributed by atoms with Gasteiger partial charge in [-0.05, 0) is 42.0 Å². The van der Waals surface area contributed by atoms with Crippen LogP contribution in [0, 0.1) is 0 Å². The average Bonchev–Trinajstić information content (AvgIpc) is 3.53. The Morgan fingerprint density at radius 3 is 2.87 bits per heavy atom. The molecule has 4 heterocycles. The summed E-state index contributed by atoms with van der Waals surface area (Å²) >= 11 is 1.25. The largest absolute Gasteiger partial charge is 0.454 e. The molecule has 1 atom stereocenters. The summed E-state index contributed by atoms with van der Waals surface area (Å²) < 4.78 is 19.2. The molecule has 2 aliphatic heterocycles. The Balaban J connectivity index is 1.44. The van der Waals surface area contributed by atoms with Gasteiger partial charge in [0.1, 0.15) is 11.2 Å². The van der Waals surface area contributed by atoms with E-state index in [0.29, 0.717) is 34.9 Å². The Kier molecular flexibility index (Phi) is 5.24. The summed E-state index contributed by atoms with van der Waals surface area (Å²) in [5.41, 5.74) is 0.299. The van der Waals surface area contributed by atoms with Crippen LogP contribution in [0.15, 0.2) is 39.2 Å². The van der Waals surface area contributed by atoms with E-state index in [9.17, 15) is 14.4 Å². The van der Waals surface area contributed by atoms with Crippen molar-refractivity contribution in [1.29, 1.82) is 0 Å². The molecule has 2 aromatic heterocycles. The molecule has 31 heavy (non-hydrogen) atoms. The van der Waals surface area contributed by atoms with Crippen molar-refractivity contribution >= 4 is 27.5 Å². The normalized spacial score (nSPS) is 17.4. The van der Waals surface area contributed by atoms with Gasteiger partial charge < -0.3 is 19.5 Å². The van der Waals surface area contributed by atoms with Gasteiger partial charge in [-0.25, -0.2) is 4.79 Å². The van der Waals surface area contributed by atoms with Gasteiger partial charge in [-0.3, -0.25) is 18.7 Å². The third-order valence-electron chi connectivity index (χ3n) is 5.47. The Labute approximate surface area is 180 Å². The molecule has 0 bridgehead atoms. The molecule has 1 aromatic carbocycles. The number of carbonyl (C=O) groups is 1. The van der Waals surface area contributed by atoms with Crippen LogP contribution in [0.5, 0.6) is 11.5 Å². The minimum absolute atomic E-state index is 0.0156. The van der Waals surface area contributed by atoms with Gasteiger partial charge in [-0.1, -0.05) is 6.07 Å². The predicted octanol–water partition coefficient (Wildman–Crippen LogP) is 1.30. The number of nitrogens with zero attached hydrogens (tertiary/aromatic N) is 2. The molecule has 1 saturated heterocycles. The SMILES string of the molecule is O=C(Cn1c(=O)n(Cc2ccc3c(c2)OCO3)c(=O)c2sccc21)NCC1CCCO1. The van der Waals surface area contributed by atoms with Gasteiger partial charge in [0.2, 0.25) is 12.7 Å². The van der Waals surface area contributed by atoms with Crippen molar-refractivity contribution in [3.63, 3.8) is 0 Å². The van der Waals surface area contributed by atoms with Gasteiger partial charge in [0.05, 0.1) is 18.2 Å². The van der Waals surface area contributed by atoms with E-state index in [-0.39, 0.29) is 37.5 Å². The smallest absolute Gasteiger partial charge is 0.332 e. The fourth-order valence-corrected chi connectivity index (χ4v) is 4.72. The minimum atomic E-state index is -0.527. The topological polar surface area (TPSA) is 101 Å². The second-order valence-corrected chi connectivity index (χ2v) is 8.44. The Morgan fingerprint density at radius 2 is 2.03 bits per heavy atom. The van der Waals surface area contributed by atoms with Crippen molar-refractivity contribution in [2.75, 3.05) is 19.9 Å². The highest BCUT2D eigenvalue weighted by molar-refractivity contribution is 7.17. The van der Waals surface area contributed by atoms with Crippen molar-refractivity contribution < 1.29 is 19.0 Å². The summed E-state index contributed by atoms with van der Waals surface area (Å²) in [6.45, 7) is 1.17. The minimum Gasteiger partial charge on any atom is -0.454 e. The highest BCUT2D eigenvalue weighted by Gasteiger charge is 2.20. The third-order valence-corrected chi connectivity index (χ3v) is 6.36. The molecule has 1 fully saturated rings. The van der Waals surface area contributed by atoms with Crippen LogP contribution in [0.25, 0.3) is 10.2 Å². The molecule has 2 aliphatic rings. The van der Waals surface area contributed by atoms with Gasteiger partial charge in [0.25, 0.3) is 5.56 Å². The lowest BCUT2D eigenvalue weighted by Gasteiger charge is -2.14. The first-order chi connectivity index (χ1) is 15.1. The lowest BCUT2D eigenvalue weighted by Crippen LogP contribution is -2.43. The van der Waals surface area contributed by atoms with E-state index in [0.717, 1.165) is 23.0 Å². The first-order valence-corrected chi connectivity index (χ1v) is 11.0. The third kappa shape index (κ3) is 3.84. The lowest BCUT2D eigenvalue weighted by molar-refractivity contribution is -0.122. The Bertz CT molecular complexity index is 1250. The summed E-state index contributed by atoms with van der Waals surface area (Å²) in [5.74, 6) is 0.917. The molecular weight excluding hydrogens is 422 g/mol. The molecule has 0 aliphatic carbocycles. The molecular formula is C21H21N3O6S. The lowest BCUT2D eigenvalue weighted by atomic mass is 10.2. The summed E-state index contributed by atoms with van der Waals surface area (Å²) in [7, 11) is 0. The molecule has 5 rings (SSSR count). The molecule has 10 heteroatoms. The standard InChI is InChI=1S/C21H21N3O6S/c25-18(22-9-14-2-1-6-28-14)11-23-15-5-7-31-19(15)20(26)24(21(23)27)10-13-3-4-16-17(8-13)30-12-29-16/h3-5,7-8,14H,1-2,6,9-12H2,(H,22,25). The van der Waals surface area contributed by atoms with Crippen molar-refractivity contribution in [3.8, 4) is 11.5 Å². The zero-order valence-electron chi connectivity index (χ0n) is 16.7. The summed E-state index contributed by atoms with van der Waals surface area (Å²) in [5, 5.41) is 4.58. The number of ether oxygens (including phenoxy) is 3. The molecule has 1 unspecified atom stereocenters. The van der Waals surface area contributed by atoms with Crippen LogP contribution in [0.3, 0.4) is 0 Å². The number of amides is 1. The molecule has 1 N–H and O–H groups in total. The van der Waals surface area contributed by atoms with E-state index >= 15 is 0 Å². The van der Waals surface area contributed by atoms with Gasteiger partial charge in [0.15, 0.2) is 11.5 Å². The molecule has 3 aromatic rings. The zero-order valence-corrected chi connectivity index (χ0v) is 17.5. The van der Waals surface area contributed by atoms with Crippen LogP contribution >= 0.6 is 11.3 Å². The predicted molar refractivity (Wildman–Crippen MR) is 114 cm³/mol. The number of aromatic nitrogens is 2. The number of nitrogens with one attached hydrogen (secondary N) is 1. The van der Waals surface area contributed by atoms with Gasteiger partial charge >= 0.3 is 5.69 Å². The van der Waals surface area contributed by atoms with Crippen LogP contribution < -0.4 is 26.0 Å². The number of hydrogen-bond acceptors (Lipinski definition) is 7. The summed E-state index contributed by atoms with van der Waals surface area (Å²) in [6.07, 6.45) is 1.91. The number of fused-ring (bicyclic) bond motifs is 2. The van der Waals surface area contributed by atoms with E-state index in [2.05, 4.69) is 5.32 Å². The van der Waals surface area contributed by atoms with E-state index in [1.165, 1.54) is 15.9 Å². The first kappa shape index (κ1) is 19.8. The second kappa shape index (κ2) is 8.20. The van der Waals surface area contributed by atoms with Crippen molar-refractivity contribution in [2.45, 2.75) is 32.0 Å². The van der Waals surface area contributed by atoms with E-state index < -0.39 is 5.69 Å². The van der Waals surface area contributed by atoms with Crippen LogP contribution in [0.1, 0.15) is 18.4 Å². The maximum Gasteiger partial charge on any atom is 0.332 e. The van der Waals surface area contributed by atoms with Crippen LogP contribution in [0.2, 0.25) is 0 Å². The second-order valence-electron chi connectivity index (χ2n) is 7.52. The van der Waals surface area contributed by atoms with Crippen LogP contribution in [-0.4, -0.2) is 41.1 Å². The average molecular weight is 443 g/mol. The van der Waals surface area contributed by atoms with Gasteiger partial charge in [0, 0.05) is 13.2 Å². The van der Waals surface area contributed by atoms with Crippen molar-refractivity contribution in [1.82, 2.24) is 14.5 Å². The molecule has 1 amide bonds. The fourth-order valence-electron chi connectivity index (χ4n) is 3.88. The number of benzene rings is 1. The van der Waals surface area contributed by atoms with E-state index in [1.54, 1.807) is 29.6 Å². The van der Waals surface area contributed by atoms with E-state index in [1.807, 2.05) is 0 Å². The molecule has 0 saturated carbocycles.